The fraction of sp³-hybridized carbons (Fsp3) is 0.294. The third-order valence-electron chi connectivity index (χ3n) is 3.27. The maximum absolute atomic E-state index is 12.0. The van der Waals surface area contributed by atoms with Crippen LogP contribution in [0.25, 0.3) is 0 Å². The molecule has 2 aromatic rings. The van der Waals surface area contributed by atoms with E-state index in [0.717, 1.165) is 5.56 Å². The molecule has 2 rings (SSSR count). The second-order valence-electron chi connectivity index (χ2n) is 5.39. The number of urea groups is 1. The number of aliphatic hydroxyl groups excluding tert-OH is 1. The first-order chi connectivity index (χ1) is 12.3. The van der Waals surface area contributed by atoms with Crippen molar-refractivity contribution in [2.45, 2.75) is 18.7 Å². The number of rotatable bonds is 7. The van der Waals surface area contributed by atoms with E-state index in [1.807, 2.05) is 18.2 Å². The highest BCUT2D eigenvalue weighted by molar-refractivity contribution is 5.88. The van der Waals surface area contributed by atoms with Crippen LogP contribution in [0.4, 0.5) is 23.7 Å². The van der Waals surface area contributed by atoms with Crippen LogP contribution in [0, 0.1) is 0 Å². The van der Waals surface area contributed by atoms with E-state index in [1.54, 1.807) is 12.1 Å². The van der Waals surface area contributed by atoms with Crippen LogP contribution in [-0.2, 0) is 0 Å². The smallest absolute Gasteiger partial charge is 0.422 e. The number of hydrogen-bond acceptors (Lipinski definition) is 4. The lowest BCUT2D eigenvalue weighted by atomic mass is 10.1. The van der Waals surface area contributed by atoms with Gasteiger partial charge < -0.3 is 20.5 Å². The number of pyridine rings is 1. The van der Waals surface area contributed by atoms with Crippen LogP contribution in [0.15, 0.2) is 48.7 Å². The highest BCUT2D eigenvalue weighted by atomic mass is 19.4. The first-order valence-electron chi connectivity index (χ1n) is 7.77. The van der Waals surface area contributed by atoms with Gasteiger partial charge in [-0.2, -0.15) is 13.2 Å². The second kappa shape index (κ2) is 9.04. The molecule has 1 aromatic carbocycles. The summed E-state index contributed by atoms with van der Waals surface area (Å²) < 4.78 is 40.6. The minimum Gasteiger partial charge on any atom is -0.468 e. The van der Waals surface area contributed by atoms with Crippen molar-refractivity contribution < 1.29 is 27.8 Å². The average Bonchev–Trinajstić information content (AvgIpc) is 2.61. The first-order valence-corrected chi connectivity index (χ1v) is 7.77. The monoisotopic (exact) mass is 369 g/mol. The fourth-order valence-corrected chi connectivity index (χ4v) is 2.03. The summed E-state index contributed by atoms with van der Waals surface area (Å²) >= 11 is 0. The molecule has 1 atom stereocenters. The first kappa shape index (κ1) is 19.5. The molecule has 0 saturated heterocycles. The van der Waals surface area contributed by atoms with E-state index in [0.29, 0.717) is 12.1 Å². The van der Waals surface area contributed by atoms with Crippen LogP contribution in [0.2, 0.25) is 0 Å². The van der Waals surface area contributed by atoms with E-state index >= 15 is 0 Å². The molecule has 0 aliphatic rings. The molecular weight excluding hydrogens is 351 g/mol. The summed E-state index contributed by atoms with van der Waals surface area (Å²) in [7, 11) is 0. The van der Waals surface area contributed by atoms with Gasteiger partial charge in [0.1, 0.15) is 0 Å². The molecule has 1 heterocycles. The molecule has 0 radical (unpaired) electrons. The Hall–Kier alpha value is -2.81. The molecule has 0 fully saturated rings. The lowest BCUT2D eigenvalue weighted by Gasteiger charge is -2.12. The van der Waals surface area contributed by atoms with Crippen molar-refractivity contribution in [2.75, 3.05) is 18.5 Å². The summed E-state index contributed by atoms with van der Waals surface area (Å²) in [4.78, 5) is 15.4. The summed E-state index contributed by atoms with van der Waals surface area (Å²) in [6.45, 7) is -1.20. The Balaban J connectivity index is 1.72. The zero-order valence-electron chi connectivity index (χ0n) is 13.7. The summed E-state index contributed by atoms with van der Waals surface area (Å²) in [5.41, 5.74) is 1.05. The van der Waals surface area contributed by atoms with Crippen molar-refractivity contribution in [3.05, 3.63) is 54.2 Å². The van der Waals surface area contributed by atoms with Crippen molar-refractivity contribution in [1.29, 1.82) is 0 Å². The number of aliphatic hydroxyl groups is 1. The van der Waals surface area contributed by atoms with Gasteiger partial charge in [-0.05, 0) is 18.1 Å². The Kier molecular flexibility index (Phi) is 6.79. The molecule has 0 spiro atoms. The van der Waals surface area contributed by atoms with Gasteiger partial charge in [0.2, 0.25) is 5.88 Å². The highest BCUT2D eigenvalue weighted by Crippen LogP contribution is 2.18. The summed E-state index contributed by atoms with van der Waals surface area (Å²) in [6, 6.07) is 11.1. The average molecular weight is 369 g/mol. The van der Waals surface area contributed by atoms with E-state index in [2.05, 4.69) is 20.4 Å². The number of alkyl halides is 3. The Morgan fingerprint density at radius 1 is 1.19 bits per heavy atom. The standard InChI is InChI=1S/C17H18F3N3O3/c18-17(19,20)11-26-15-7-6-13(10-22-15)23-16(25)21-9-8-14(24)12-4-2-1-3-5-12/h1-7,10,14,24H,8-9,11H2,(H2,21,23,25). The van der Waals surface area contributed by atoms with Crippen LogP contribution >= 0.6 is 0 Å². The number of anilines is 1. The van der Waals surface area contributed by atoms with Gasteiger partial charge in [0, 0.05) is 12.6 Å². The summed E-state index contributed by atoms with van der Waals surface area (Å²) in [5.74, 6) is -0.195. The number of nitrogens with zero attached hydrogens (tertiary/aromatic N) is 1. The van der Waals surface area contributed by atoms with Crippen LogP contribution in [-0.4, -0.2) is 35.4 Å². The van der Waals surface area contributed by atoms with E-state index in [9.17, 15) is 23.1 Å². The molecule has 140 valence electrons. The molecule has 0 saturated carbocycles. The molecule has 1 aromatic heterocycles. The number of ether oxygens (including phenoxy) is 1. The predicted octanol–water partition coefficient (Wildman–Crippen LogP) is 3.27. The van der Waals surface area contributed by atoms with Gasteiger partial charge in [-0.1, -0.05) is 30.3 Å². The Labute approximate surface area is 148 Å². The SMILES string of the molecule is O=C(NCCC(O)c1ccccc1)Nc1ccc(OCC(F)(F)F)nc1. The van der Waals surface area contributed by atoms with Crippen molar-refractivity contribution >= 4 is 11.7 Å². The molecular formula is C17H18F3N3O3. The Morgan fingerprint density at radius 2 is 1.92 bits per heavy atom. The van der Waals surface area contributed by atoms with Gasteiger partial charge in [0.05, 0.1) is 18.0 Å². The van der Waals surface area contributed by atoms with Crippen LogP contribution in [0.3, 0.4) is 0 Å². The third kappa shape index (κ3) is 6.98. The second-order valence-corrected chi connectivity index (χ2v) is 5.39. The van der Waals surface area contributed by atoms with Crippen LogP contribution in [0.5, 0.6) is 5.88 Å². The maximum Gasteiger partial charge on any atom is 0.422 e. The lowest BCUT2D eigenvalue weighted by molar-refractivity contribution is -0.154. The fourth-order valence-electron chi connectivity index (χ4n) is 2.03. The summed E-state index contributed by atoms with van der Waals surface area (Å²) in [6.07, 6.45) is -3.62. The molecule has 6 nitrogen and oxygen atoms in total. The van der Waals surface area contributed by atoms with Gasteiger partial charge in [-0.15, -0.1) is 0 Å². The number of carbonyl (C=O) groups excluding carboxylic acids is 1. The molecule has 9 heteroatoms. The topological polar surface area (TPSA) is 83.5 Å². The molecule has 0 aliphatic heterocycles. The highest BCUT2D eigenvalue weighted by Gasteiger charge is 2.28. The number of amides is 2. The van der Waals surface area contributed by atoms with Crippen molar-refractivity contribution in [1.82, 2.24) is 10.3 Å². The van der Waals surface area contributed by atoms with E-state index in [4.69, 9.17) is 0 Å². The minimum absolute atomic E-state index is 0.195. The zero-order chi connectivity index (χ0) is 19.0. The molecule has 0 aliphatic carbocycles. The normalized spacial score (nSPS) is 12.3. The maximum atomic E-state index is 12.0. The number of halogens is 3. The van der Waals surface area contributed by atoms with Crippen LogP contribution in [0.1, 0.15) is 18.1 Å². The molecule has 2 amide bonds. The predicted molar refractivity (Wildman–Crippen MR) is 88.8 cm³/mol. The van der Waals surface area contributed by atoms with Gasteiger partial charge in [0.15, 0.2) is 6.61 Å². The van der Waals surface area contributed by atoms with E-state index in [1.165, 1.54) is 18.3 Å². The lowest BCUT2D eigenvalue weighted by Crippen LogP contribution is -2.30. The number of benzene rings is 1. The van der Waals surface area contributed by atoms with Crippen molar-refractivity contribution in [2.24, 2.45) is 0 Å². The molecule has 3 N–H and O–H groups in total. The number of hydrogen-bond donors (Lipinski definition) is 3. The molecule has 26 heavy (non-hydrogen) atoms. The molecule has 0 bridgehead atoms. The number of carbonyl (C=O) groups is 1. The van der Waals surface area contributed by atoms with Crippen LogP contribution < -0.4 is 15.4 Å². The summed E-state index contributed by atoms with van der Waals surface area (Å²) in [5, 5.41) is 15.0. The quantitative estimate of drug-likeness (QED) is 0.700. The minimum atomic E-state index is -4.44. The molecule has 1 unspecified atom stereocenters. The number of nitrogens with one attached hydrogen (secondary N) is 2. The van der Waals surface area contributed by atoms with Gasteiger partial charge in [-0.3, -0.25) is 0 Å². The van der Waals surface area contributed by atoms with Gasteiger partial charge in [-0.25, -0.2) is 9.78 Å². The van der Waals surface area contributed by atoms with E-state index < -0.39 is 24.9 Å². The van der Waals surface area contributed by atoms with Crippen molar-refractivity contribution in [3.63, 3.8) is 0 Å². The Morgan fingerprint density at radius 3 is 2.54 bits per heavy atom. The third-order valence-corrected chi connectivity index (χ3v) is 3.27. The van der Waals surface area contributed by atoms with E-state index in [-0.39, 0.29) is 12.4 Å². The van der Waals surface area contributed by atoms with Gasteiger partial charge in [0.25, 0.3) is 0 Å². The number of aromatic nitrogens is 1. The zero-order valence-corrected chi connectivity index (χ0v) is 13.7. The Bertz CT molecular complexity index is 694. The van der Waals surface area contributed by atoms with Gasteiger partial charge >= 0.3 is 12.2 Å². The van der Waals surface area contributed by atoms with Crippen molar-refractivity contribution in [3.8, 4) is 5.88 Å². The largest absolute Gasteiger partial charge is 0.468 e.